The van der Waals surface area contributed by atoms with Gasteiger partial charge in [-0.3, -0.25) is 4.79 Å². The fourth-order valence-electron chi connectivity index (χ4n) is 1.72. The minimum absolute atomic E-state index is 0.431. The summed E-state index contributed by atoms with van der Waals surface area (Å²) in [6.07, 6.45) is 1.89. The molecule has 0 fully saturated rings. The van der Waals surface area contributed by atoms with E-state index in [1.807, 2.05) is 13.0 Å². The molecule has 0 bridgehead atoms. The number of allylic oxidation sites excluding steroid dienone is 1. The van der Waals surface area contributed by atoms with Crippen molar-refractivity contribution in [2.75, 3.05) is 24.6 Å². The monoisotopic (exact) mass is 288 g/mol. The maximum absolute atomic E-state index is 9.18. The van der Waals surface area contributed by atoms with Crippen molar-refractivity contribution in [3.05, 3.63) is 35.4 Å². The molecule has 1 rings (SSSR count). The van der Waals surface area contributed by atoms with Gasteiger partial charge >= 0.3 is 0 Å². The molecule has 0 N–H and O–H groups in total. The molecular formula is C17H24N2O2. The van der Waals surface area contributed by atoms with E-state index >= 15 is 0 Å². The zero-order chi connectivity index (χ0) is 16.1. The molecule has 0 atom stereocenters. The van der Waals surface area contributed by atoms with Crippen LogP contribution < -0.4 is 4.90 Å². The Bertz CT molecular complexity index is 469. The molecule has 21 heavy (non-hydrogen) atoms. The Morgan fingerprint density at radius 2 is 1.81 bits per heavy atom. The topological polar surface area (TPSA) is 53.3 Å². The van der Waals surface area contributed by atoms with Crippen LogP contribution in [0.3, 0.4) is 0 Å². The van der Waals surface area contributed by atoms with Crippen LogP contribution in [0, 0.1) is 11.3 Å². The standard InChI is InChI=1S/C14H18N2.C3H6O2/c1-4-16(5-2)14-8-6-13(7-9-14)10-12(3)11-15;1-2-5-3-4/h6-10H,4-5H2,1-3H3;3H,2H2,1H3/b12-10-;. The van der Waals surface area contributed by atoms with Crippen molar-refractivity contribution in [2.45, 2.75) is 27.7 Å². The highest BCUT2D eigenvalue weighted by atomic mass is 16.5. The highest BCUT2D eigenvalue weighted by Gasteiger charge is 2.00. The smallest absolute Gasteiger partial charge is 0.293 e. The van der Waals surface area contributed by atoms with Gasteiger partial charge in [-0.1, -0.05) is 12.1 Å². The van der Waals surface area contributed by atoms with E-state index in [1.54, 1.807) is 6.92 Å². The van der Waals surface area contributed by atoms with Gasteiger partial charge in [-0.15, -0.1) is 0 Å². The van der Waals surface area contributed by atoms with Crippen molar-refractivity contribution >= 4 is 18.2 Å². The third-order valence-electron chi connectivity index (χ3n) is 2.82. The zero-order valence-corrected chi connectivity index (χ0v) is 13.3. The van der Waals surface area contributed by atoms with Crippen molar-refractivity contribution in [2.24, 2.45) is 0 Å². The first-order valence-electron chi connectivity index (χ1n) is 7.11. The van der Waals surface area contributed by atoms with Gasteiger partial charge in [-0.05, 0) is 51.5 Å². The Labute approximate surface area is 127 Å². The molecule has 0 amide bonds. The largest absolute Gasteiger partial charge is 0.468 e. The van der Waals surface area contributed by atoms with Crippen molar-refractivity contribution in [3.8, 4) is 6.07 Å². The Morgan fingerprint density at radius 3 is 2.14 bits per heavy atom. The Balaban J connectivity index is 0.000000690. The quantitative estimate of drug-likeness (QED) is 0.592. The first-order valence-corrected chi connectivity index (χ1v) is 7.11. The Hall–Kier alpha value is -2.28. The van der Waals surface area contributed by atoms with Crippen LogP contribution >= 0.6 is 0 Å². The number of hydrogen-bond acceptors (Lipinski definition) is 4. The Kier molecular flexibility index (Phi) is 10.3. The van der Waals surface area contributed by atoms with Crippen molar-refractivity contribution in [3.63, 3.8) is 0 Å². The fraction of sp³-hybridized carbons (Fsp3) is 0.412. The first kappa shape index (κ1) is 18.7. The lowest BCUT2D eigenvalue weighted by atomic mass is 10.1. The molecule has 1 aromatic rings. The summed E-state index contributed by atoms with van der Waals surface area (Å²) in [5.74, 6) is 0. The van der Waals surface area contributed by atoms with Crippen LogP contribution in [0.4, 0.5) is 5.69 Å². The molecule has 0 aromatic heterocycles. The van der Waals surface area contributed by atoms with E-state index in [2.05, 4.69) is 53.8 Å². The van der Waals surface area contributed by atoms with Gasteiger partial charge in [0.05, 0.1) is 12.7 Å². The summed E-state index contributed by atoms with van der Waals surface area (Å²) in [6, 6.07) is 10.4. The summed E-state index contributed by atoms with van der Waals surface area (Å²) in [5.41, 5.74) is 3.04. The predicted molar refractivity (Wildman–Crippen MR) is 87.0 cm³/mol. The van der Waals surface area contributed by atoms with Crippen LogP contribution in [0.15, 0.2) is 29.8 Å². The molecule has 0 unspecified atom stereocenters. The summed E-state index contributed by atoms with van der Waals surface area (Å²) >= 11 is 0. The van der Waals surface area contributed by atoms with Crippen molar-refractivity contribution in [1.82, 2.24) is 0 Å². The molecule has 4 nitrogen and oxygen atoms in total. The lowest BCUT2D eigenvalue weighted by Gasteiger charge is -2.20. The van der Waals surface area contributed by atoms with E-state index in [1.165, 1.54) is 5.69 Å². The molecule has 114 valence electrons. The van der Waals surface area contributed by atoms with Gasteiger partial charge in [-0.2, -0.15) is 5.26 Å². The van der Waals surface area contributed by atoms with Crippen LogP contribution in [-0.2, 0) is 9.53 Å². The lowest BCUT2D eigenvalue weighted by molar-refractivity contribution is -0.128. The molecule has 0 spiro atoms. The first-order chi connectivity index (χ1) is 10.1. The van der Waals surface area contributed by atoms with E-state index in [0.717, 1.165) is 24.2 Å². The Morgan fingerprint density at radius 1 is 1.24 bits per heavy atom. The number of nitrogens with zero attached hydrogens (tertiary/aromatic N) is 2. The van der Waals surface area contributed by atoms with E-state index in [-0.39, 0.29) is 0 Å². The van der Waals surface area contributed by atoms with Gasteiger partial charge < -0.3 is 9.64 Å². The summed E-state index contributed by atoms with van der Waals surface area (Å²) in [7, 11) is 0. The SMILES string of the molecule is CCN(CC)c1ccc(/C=C(/C)C#N)cc1.CCOC=O. The summed E-state index contributed by atoms with van der Waals surface area (Å²) < 4.78 is 4.15. The third kappa shape index (κ3) is 7.78. The average Bonchev–Trinajstić information content (AvgIpc) is 2.51. The molecule has 0 radical (unpaired) electrons. The van der Waals surface area contributed by atoms with Gasteiger partial charge in [0, 0.05) is 24.4 Å². The number of hydrogen-bond donors (Lipinski definition) is 0. The minimum Gasteiger partial charge on any atom is -0.468 e. The second-order valence-corrected chi connectivity index (χ2v) is 4.25. The number of benzene rings is 1. The molecule has 0 saturated heterocycles. The highest BCUT2D eigenvalue weighted by molar-refractivity contribution is 5.59. The molecule has 0 heterocycles. The van der Waals surface area contributed by atoms with Gasteiger partial charge in [0.1, 0.15) is 0 Å². The number of ether oxygens (including phenoxy) is 1. The van der Waals surface area contributed by atoms with E-state index < -0.39 is 0 Å². The molecule has 4 heteroatoms. The molecule has 0 aliphatic carbocycles. The second kappa shape index (κ2) is 11.5. The van der Waals surface area contributed by atoms with Gasteiger partial charge in [0.2, 0.25) is 0 Å². The molecule has 0 saturated carbocycles. The zero-order valence-electron chi connectivity index (χ0n) is 13.3. The third-order valence-corrected chi connectivity index (χ3v) is 2.82. The second-order valence-electron chi connectivity index (χ2n) is 4.25. The molecule has 0 aliphatic rings. The van der Waals surface area contributed by atoms with Gasteiger partial charge in [0.25, 0.3) is 6.47 Å². The maximum Gasteiger partial charge on any atom is 0.293 e. The number of carbonyl (C=O) groups excluding carboxylic acids is 1. The van der Waals surface area contributed by atoms with Crippen molar-refractivity contribution < 1.29 is 9.53 Å². The fourth-order valence-corrected chi connectivity index (χ4v) is 1.72. The van der Waals surface area contributed by atoms with Crippen LogP contribution in [0.5, 0.6) is 0 Å². The van der Waals surface area contributed by atoms with Crippen LogP contribution in [0.2, 0.25) is 0 Å². The normalized spacial score (nSPS) is 9.95. The predicted octanol–water partition coefficient (Wildman–Crippen LogP) is 3.64. The average molecular weight is 288 g/mol. The molecule has 1 aromatic carbocycles. The molecule has 0 aliphatic heterocycles. The maximum atomic E-state index is 9.18. The number of carbonyl (C=O) groups is 1. The minimum atomic E-state index is 0.431. The summed E-state index contributed by atoms with van der Waals surface area (Å²) in [4.78, 5) is 11.5. The number of rotatable bonds is 6. The lowest BCUT2D eigenvalue weighted by Crippen LogP contribution is -2.21. The van der Waals surface area contributed by atoms with Crippen molar-refractivity contribution in [1.29, 1.82) is 5.26 Å². The summed E-state index contributed by atoms with van der Waals surface area (Å²) in [5, 5.41) is 8.69. The molecular weight excluding hydrogens is 264 g/mol. The van der Waals surface area contributed by atoms with Gasteiger partial charge in [0.15, 0.2) is 0 Å². The van der Waals surface area contributed by atoms with Crippen LogP contribution in [0.1, 0.15) is 33.3 Å². The number of nitriles is 1. The van der Waals surface area contributed by atoms with Crippen LogP contribution in [-0.4, -0.2) is 26.2 Å². The van der Waals surface area contributed by atoms with E-state index in [9.17, 15) is 4.79 Å². The highest BCUT2D eigenvalue weighted by Crippen LogP contribution is 2.16. The van der Waals surface area contributed by atoms with E-state index in [0.29, 0.717) is 13.1 Å². The summed E-state index contributed by atoms with van der Waals surface area (Å²) in [6.45, 7) is 10.8. The van der Waals surface area contributed by atoms with E-state index in [4.69, 9.17) is 5.26 Å². The number of anilines is 1. The van der Waals surface area contributed by atoms with Crippen LogP contribution in [0.25, 0.3) is 6.08 Å². The van der Waals surface area contributed by atoms with Gasteiger partial charge in [-0.25, -0.2) is 0 Å².